The second-order valence-corrected chi connectivity index (χ2v) is 5.39. The fraction of sp³-hybridized carbons (Fsp3) is 0.500. The third kappa shape index (κ3) is 4.42. The molecule has 116 valence electrons. The lowest BCUT2D eigenvalue weighted by Gasteiger charge is -2.20. The Morgan fingerprint density at radius 3 is 2.67 bits per heavy atom. The number of alkyl halides is 1. The molecule has 2 atom stereocenters. The SMILES string of the molecule is CCOc1c(C(=O)NC(C)C(C)CBr)cccc1[N+](=O)[O-]. The van der Waals surface area contributed by atoms with Crippen molar-refractivity contribution >= 4 is 27.5 Å². The Morgan fingerprint density at radius 2 is 2.14 bits per heavy atom. The molecule has 0 aliphatic rings. The number of hydrogen-bond acceptors (Lipinski definition) is 4. The zero-order valence-electron chi connectivity index (χ0n) is 12.3. The number of carbonyl (C=O) groups is 1. The third-order valence-electron chi connectivity index (χ3n) is 3.18. The minimum absolute atomic E-state index is 0.0150. The van der Waals surface area contributed by atoms with E-state index in [1.807, 2.05) is 13.8 Å². The van der Waals surface area contributed by atoms with Crippen LogP contribution in [-0.2, 0) is 0 Å². The molecule has 1 aromatic carbocycles. The predicted molar refractivity (Wildman–Crippen MR) is 84.2 cm³/mol. The van der Waals surface area contributed by atoms with Crippen LogP contribution in [0.3, 0.4) is 0 Å². The standard InChI is InChI=1S/C14H19BrN2O4/c1-4-21-13-11(6-5-7-12(13)17(19)20)14(18)16-10(3)9(2)8-15/h5-7,9-10H,4,8H2,1-3H3,(H,16,18). The number of halogens is 1. The van der Waals surface area contributed by atoms with Crippen molar-refractivity contribution in [2.75, 3.05) is 11.9 Å². The molecule has 1 aromatic rings. The molecule has 0 fully saturated rings. The van der Waals surface area contributed by atoms with Gasteiger partial charge in [0.1, 0.15) is 0 Å². The van der Waals surface area contributed by atoms with Crippen LogP contribution in [0.1, 0.15) is 31.1 Å². The van der Waals surface area contributed by atoms with E-state index in [0.717, 1.165) is 5.33 Å². The summed E-state index contributed by atoms with van der Waals surface area (Å²) >= 11 is 3.37. The smallest absolute Gasteiger partial charge is 0.311 e. The third-order valence-corrected chi connectivity index (χ3v) is 4.20. The van der Waals surface area contributed by atoms with Crippen LogP contribution >= 0.6 is 15.9 Å². The lowest BCUT2D eigenvalue weighted by molar-refractivity contribution is -0.385. The highest BCUT2D eigenvalue weighted by Crippen LogP contribution is 2.31. The molecule has 6 nitrogen and oxygen atoms in total. The molecule has 0 aliphatic carbocycles. The van der Waals surface area contributed by atoms with E-state index in [-0.39, 0.29) is 41.5 Å². The van der Waals surface area contributed by atoms with E-state index in [9.17, 15) is 14.9 Å². The first kappa shape index (κ1) is 17.4. The van der Waals surface area contributed by atoms with Gasteiger partial charge < -0.3 is 10.1 Å². The molecule has 1 rings (SSSR count). The van der Waals surface area contributed by atoms with Crippen LogP contribution in [0, 0.1) is 16.0 Å². The van der Waals surface area contributed by atoms with Crippen molar-refractivity contribution in [2.24, 2.45) is 5.92 Å². The number of ether oxygens (including phenoxy) is 1. The number of rotatable bonds is 7. The van der Waals surface area contributed by atoms with Gasteiger partial charge in [-0.25, -0.2) is 0 Å². The second kappa shape index (κ2) is 7.97. The lowest BCUT2D eigenvalue weighted by atomic mass is 10.1. The molecule has 0 saturated heterocycles. The predicted octanol–water partition coefficient (Wildman–Crippen LogP) is 3.14. The summed E-state index contributed by atoms with van der Waals surface area (Å²) in [5.74, 6) is -0.119. The summed E-state index contributed by atoms with van der Waals surface area (Å²) in [5, 5.41) is 14.6. The number of nitrogens with zero attached hydrogens (tertiary/aromatic N) is 1. The average molecular weight is 359 g/mol. The summed E-state index contributed by atoms with van der Waals surface area (Å²) in [6.45, 7) is 5.85. The van der Waals surface area contributed by atoms with Crippen LogP contribution < -0.4 is 10.1 Å². The molecule has 0 saturated carbocycles. The minimum Gasteiger partial charge on any atom is -0.487 e. The van der Waals surface area contributed by atoms with Gasteiger partial charge in [0.25, 0.3) is 5.91 Å². The summed E-state index contributed by atoms with van der Waals surface area (Å²) in [5.41, 5.74) is -0.0228. The highest BCUT2D eigenvalue weighted by atomic mass is 79.9. The molecule has 0 aliphatic heterocycles. The molecular weight excluding hydrogens is 340 g/mol. The normalized spacial score (nSPS) is 13.3. The van der Waals surface area contributed by atoms with Crippen LogP contribution in [0.4, 0.5) is 5.69 Å². The molecule has 0 radical (unpaired) electrons. The maximum absolute atomic E-state index is 12.3. The van der Waals surface area contributed by atoms with Gasteiger partial charge in [0.15, 0.2) is 0 Å². The Balaban J connectivity index is 3.08. The van der Waals surface area contributed by atoms with Crippen molar-refractivity contribution in [3.63, 3.8) is 0 Å². The van der Waals surface area contributed by atoms with Crippen molar-refractivity contribution in [2.45, 2.75) is 26.8 Å². The monoisotopic (exact) mass is 358 g/mol. The first-order valence-corrected chi connectivity index (χ1v) is 7.81. The van der Waals surface area contributed by atoms with E-state index in [2.05, 4.69) is 21.2 Å². The van der Waals surface area contributed by atoms with E-state index < -0.39 is 4.92 Å². The van der Waals surface area contributed by atoms with Crippen LogP contribution in [0.2, 0.25) is 0 Å². The molecule has 0 aromatic heterocycles. The molecule has 21 heavy (non-hydrogen) atoms. The number of nitro benzene ring substituents is 1. The summed E-state index contributed by atoms with van der Waals surface area (Å²) in [4.78, 5) is 22.8. The molecule has 0 heterocycles. The lowest BCUT2D eigenvalue weighted by Crippen LogP contribution is -2.37. The fourth-order valence-corrected chi connectivity index (χ4v) is 2.26. The van der Waals surface area contributed by atoms with E-state index in [1.165, 1.54) is 18.2 Å². The van der Waals surface area contributed by atoms with Crippen LogP contribution in [0.5, 0.6) is 5.75 Å². The molecule has 1 N–H and O–H groups in total. The van der Waals surface area contributed by atoms with Gasteiger partial charge in [0, 0.05) is 17.4 Å². The number of nitrogens with one attached hydrogen (secondary N) is 1. The molecule has 2 unspecified atom stereocenters. The van der Waals surface area contributed by atoms with Crippen molar-refractivity contribution in [1.82, 2.24) is 5.32 Å². The first-order chi connectivity index (χ1) is 9.92. The topological polar surface area (TPSA) is 81.5 Å². The van der Waals surface area contributed by atoms with Gasteiger partial charge in [0.05, 0.1) is 17.1 Å². The summed E-state index contributed by atoms with van der Waals surface area (Å²) in [7, 11) is 0. The Bertz CT molecular complexity index is 522. The van der Waals surface area contributed by atoms with Crippen molar-refractivity contribution in [3.05, 3.63) is 33.9 Å². The van der Waals surface area contributed by atoms with Gasteiger partial charge in [-0.15, -0.1) is 0 Å². The highest BCUT2D eigenvalue weighted by molar-refractivity contribution is 9.09. The van der Waals surface area contributed by atoms with Crippen LogP contribution in [-0.4, -0.2) is 28.8 Å². The van der Waals surface area contributed by atoms with Crippen molar-refractivity contribution < 1.29 is 14.5 Å². The Morgan fingerprint density at radius 1 is 1.48 bits per heavy atom. The number of nitro groups is 1. The zero-order chi connectivity index (χ0) is 16.0. The van der Waals surface area contributed by atoms with Crippen LogP contribution in [0.25, 0.3) is 0 Å². The van der Waals surface area contributed by atoms with E-state index in [0.29, 0.717) is 0 Å². The van der Waals surface area contributed by atoms with Crippen LogP contribution in [0.15, 0.2) is 18.2 Å². The fourth-order valence-electron chi connectivity index (χ4n) is 1.70. The molecule has 1 amide bonds. The quantitative estimate of drug-likeness (QED) is 0.461. The van der Waals surface area contributed by atoms with Gasteiger partial charge in [-0.1, -0.05) is 28.9 Å². The highest BCUT2D eigenvalue weighted by Gasteiger charge is 2.24. The Labute approximate surface area is 132 Å². The number of hydrogen-bond donors (Lipinski definition) is 1. The second-order valence-electron chi connectivity index (χ2n) is 4.74. The number of amides is 1. The zero-order valence-corrected chi connectivity index (χ0v) is 13.8. The van der Waals surface area contributed by atoms with Crippen molar-refractivity contribution in [3.8, 4) is 5.75 Å². The van der Waals surface area contributed by atoms with Gasteiger partial charge >= 0.3 is 5.69 Å². The van der Waals surface area contributed by atoms with E-state index in [4.69, 9.17) is 4.74 Å². The molecule has 7 heteroatoms. The Kier molecular flexibility index (Phi) is 6.61. The van der Waals surface area contributed by atoms with E-state index >= 15 is 0 Å². The largest absolute Gasteiger partial charge is 0.487 e. The maximum atomic E-state index is 12.3. The molecular formula is C14H19BrN2O4. The summed E-state index contributed by atoms with van der Waals surface area (Å²) in [6, 6.07) is 4.27. The van der Waals surface area contributed by atoms with Gasteiger partial charge in [-0.05, 0) is 25.8 Å². The number of benzene rings is 1. The maximum Gasteiger partial charge on any atom is 0.311 e. The van der Waals surface area contributed by atoms with E-state index in [1.54, 1.807) is 6.92 Å². The number of para-hydroxylation sites is 1. The van der Waals surface area contributed by atoms with Gasteiger partial charge in [-0.3, -0.25) is 14.9 Å². The van der Waals surface area contributed by atoms with Crippen molar-refractivity contribution in [1.29, 1.82) is 0 Å². The number of carbonyl (C=O) groups excluding carboxylic acids is 1. The Hall–Kier alpha value is -1.63. The summed E-state index contributed by atoms with van der Waals surface area (Å²) < 4.78 is 5.31. The molecule has 0 spiro atoms. The first-order valence-electron chi connectivity index (χ1n) is 6.69. The van der Waals surface area contributed by atoms with Gasteiger partial charge in [-0.2, -0.15) is 0 Å². The minimum atomic E-state index is -0.549. The summed E-state index contributed by atoms with van der Waals surface area (Å²) in [6.07, 6.45) is 0. The molecule has 0 bridgehead atoms. The van der Waals surface area contributed by atoms with Gasteiger partial charge in [0.2, 0.25) is 5.75 Å². The average Bonchev–Trinajstić information content (AvgIpc) is 2.46.